The summed E-state index contributed by atoms with van der Waals surface area (Å²) < 4.78 is 5.71. The number of carbonyl (C=O) groups excluding carboxylic acids is 3. The number of allylic oxidation sites excluding steroid dienone is 2. The second-order valence-corrected chi connectivity index (χ2v) is 6.91. The lowest BCUT2D eigenvalue weighted by molar-refractivity contribution is -0.142. The zero-order valence-electron chi connectivity index (χ0n) is 15.2. The highest BCUT2D eigenvalue weighted by Crippen LogP contribution is 2.34. The number of nitrogens with zero attached hydrogens (tertiary/aromatic N) is 1. The number of carbonyl (C=O) groups is 3. The smallest absolute Gasteiger partial charge is 0.244 e. The Hall–Kier alpha value is -3.41. The van der Waals surface area contributed by atoms with Gasteiger partial charge in [0.2, 0.25) is 17.7 Å². The van der Waals surface area contributed by atoms with Gasteiger partial charge in [-0.1, -0.05) is 30.4 Å². The first-order valence-corrected chi connectivity index (χ1v) is 9.25. The number of hydrogen-bond donors (Lipinski definition) is 1. The predicted molar refractivity (Wildman–Crippen MR) is 104 cm³/mol. The predicted octanol–water partition coefficient (Wildman–Crippen LogP) is 3.37. The highest BCUT2D eigenvalue weighted by atomic mass is 16.5. The van der Waals surface area contributed by atoms with Crippen LogP contribution in [0.5, 0.6) is 11.5 Å². The normalized spacial score (nSPS) is 20.8. The number of ether oxygens (including phenoxy) is 1. The summed E-state index contributed by atoms with van der Waals surface area (Å²) >= 11 is 0. The maximum Gasteiger partial charge on any atom is 0.244 e. The molecule has 1 saturated heterocycles. The van der Waals surface area contributed by atoms with E-state index < -0.39 is 5.91 Å². The molecule has 1 aliphatic heterocycles. The molecule has 142 valence electrons. The summed E-state index contributed by atoms with van der Waals surface area (Å²) in [6.07, 6.45) is 4.98. The van der Waals surface area contributed by atoms with Gasteiger partial charge in [-0.25, -0.2) is 0 Å². The van der Waals surface area contributed by atoms with Gasteiger partial charge in [-0.05, 0) is 49.2 Å². The van der Waals surface area contributed by atoms with Gasteiger partial charge in [0, 0.05) is 5.69 Å². The van der Waals surface area contributed by atoms with Crippen LogP contribution < -0.4 is 10.1 Å². The minimum Gasteiger partial charge on any atom is -0.457 e. The zero-order valence-corrected chi connectivity index (χ0v) is 15.2. The molecule has 1 aliphatic carbocycles. The zero-order chi connectivity index (χ0) is 19.5. The largest absolute Gasteiger partial charge is 0.457 e. The van der Waals surface area contributed by atoms with E-state index in [1.165, 1.54) is 0 Å². The number of anilines is 1. The molecule has 1 fully saturated rings. The minimum atomic E-state index is -0.398. The van der Waals surface area contributed by atoms with E-state index >= 15 is 0 Å². The van der Waals surface area contributed by atoms with Crippen LogP contribution in [-0.4, -0.2) is 29.2 Å². The molecule has 0 unspecified atom stereocenters. The second kappa shape index (κ2) is 7.68. The fourth-order valence-corrected chi connectivity index (χ4v) is 3.60. The Morgan fingerprint density at radius 3 is 2.07 bits per heavy atom. The molecule has 28 heavy (non-hydrogen) atoms. The Balaban J connectivity index is 1.35. The first-order chi connectivity index (χ1) is 13.6. The van der Waals surface area contributed by atoms with Crippen molar-refractivity contribution in [2.45, 2.75) is 12.8 Å². The molecule has 4 rings (SSSR count). The van der Waals surface area contributed by atoms with Crippen LogP contribution in [0.4, 0.5) is 5.69 Å². The van der Waals surface area contributed by atoms with Crippen LogP contribution in [0.25, 0.3) is 0 Å². The summed E-state index contributed by atoms with van der Waals surface area (Å²) in [4.78, 5) is 38.3. The summed E-state index contributed by atoms with van der Waals surface area (Å²) in [5.74, 6) is -0.168. The molecule has 1 N–H and O–H groups in total. The fraction of sp³-hybridized carbons (Fsp3) is 0.227. The Labute approximate surface area is 162 Å². The summed E-state index contributed by atoms with van der Waals surface area (Å²) in [7, 11) is 0. The number of imide groups is 1. The third-order valence-corrected chi connectivity index (χ3v) is 5.02. The molecule has 0 saturated carbocycles. The van der Waals surface area contributed by atoms with Gasteiger partial charge in [-0.3, -0.25) is 19.3 Å². The number of benzene rings is 2. The quantitative estimate of drug-likeness (QED) is 0.641. The van der Waals surface area contributed by atoms with Gasteiger partial charge >= 0.3 is 0 Å². The first-order valence-electron chi connectivity index (χ1n) is 9.25. The molecule has 2 aromatic rings. The lowest BCUT2D eigenvalue weighted by Crippen LogP contribution is -2.38. The molecule has 6 nitrogen and oxygen atoms in total. The van der Waals surface area contributed by atoms with E-state index in [4.69, 9.17) is 4.74 Å². The van der Waals surface area contributed by atoms with Crippen molar-refractivity contribution in [1.82, 2.24) is 4.90 Å². The molecule has 2 aliphatic rings. The van der Waals surface area contributed by atoms with Gasteiger partial charge in [-0.2, -0.15) is 0 Å². The molecule has 0 bridgehead atoms. The minimum absolute atomic E-state index is 0.249. The van der Waals surface area contributed by atoms with Gasteiger partial charge in [0.05, 0.1) is 11.8 Å². The number of rotatable bonds is 5. The van der Waals surface area contributed by atoms with Crippen LogP contribution in [0.3, 0.4) is 0 Å². The number of nitrogens with one attached hydrogen (secondary N) is 1. The highest BCUT2D eigenvalue weighted by molar-refractivity contribution is 6.08. The van der Waals surface area contributed by atoms with Crippen molar-refractivity contribution in [2.24, 2.45) is 11.8 Å². The summed E-state index contributed by atoms with van der Waals surface area (Å²) in [6, 6.07) is 16.3. The van der Waals surface area contributed by atoms with Crippen LogP contribution in [0, 0.1) is 11.8 Å². The number of fused-ring (bicyclic) bond motifs is 1. The highest BCUT2D eigenvalue weighted by Gasteiger charge is 2.47. The van der Waals surface area contributed by atoms with Crippen LogP contribution in [0.15, 0.2) is 66.7 Å². The van der Waals surface area contributed by atoms with Crippen molar-refractivity contribution in [3.05, 3.63) is 66.7 Å². The van der Waals surface area contributed by atoms with Gasteiger partial charge < -0.3 is 10.1 Å². The summed E-state index contributed by atoms with van der Waals surface area (Å²) in [5, 5.41) is 2.73. The molecular formula is C22H20N2O4. The molecule has 0 aromatic heterocycles. The topological polar surface area (TPSA) is 75.7 Å². The van der Waals surface area contributed by atoms with E-state index in [1.54, 1.807) is 24.3 Å². The van der Waals surface area contributed by atoms with Gasteiger partial charge in [0.15, 0.2) is 0 Å². The summed E-state index contributed by atoms with van der Waals surface area (Å²) in [6.45, 7) is -0.257. The van der Waals surface area contributed by atoms with Crippen molar-refractivity contribution in [3.8, 4) is 11.5 Å². The molecule has 1 heterocycles. The molecule has 6 heteroatoms. The first kappa shape index (κ1) is 18.0. The average Bonchev–Trinajstić information content (AvgIpc) is 2.95. The van der Waals surface area contributed by atoms with Gasteiger partial charge in [0.25, 0.3) is 0 Å². The maximum absolute atomic E-state index is 12.4. The van der Waals surface area contributed by atoms with Crippen LogP contribution in [0.2, 0.25) is 0 Å². The Morgan fingerprint density at radius 1 is 0.893 bits per heavy atom. The Kier molecular flexibility index (Phi) is 4.93. The lowest BCUT2D eigenvalue weighted by Gasteiger charge is -2.14. The molecule has 2 aromatic carbocycles. The van der Waals surface area contributed by atoms with E-state index in [0.29, 0.717) is 24.3 Å². The molecular weight excluding hydrogens is 356 g/mol. The average molecular weight is 376 g/mol. The van der Waals surface area contributed by atoms with Crippen molar-refractivity contribution in [2.75, 3.05) is 11.9 Å². The second-order valence-electron chi connectivity index (χ2n) is 6.91. The van der Waals surface area contributed by atoms with Crippen molar-refractivity contribution in [1.29, 1.82) is 0 Å². The van der Waals surface area contributed by atoms with Crippen molar-refractivity contribution in [3.63, 3.8) is 0 Å². The van der Waals surface area contributed by atoms with Gasteiger partial charge in [-0.15, -0.1) is 0 Å². The number of likely N-dealkylation sites (tertiary alicyclic amines) is 1. The van der Waals surface area contributed by atoms with Gasteiger partial charge in [0.1, 0.15) is 18.0 Å². The third kappa shape index (κ3) is 3.67. The number of amides is 3. The standard InChI is InChI=1S/C22H20N2O4/c25-20(14-24-21(26)18-8-4-5-9-19(18)22(24)27)23-15-10-12-17(13-11-15)28-16-6-2-1-3-7-16/h1-7,10-13,18-19H,8-9,14H2,(H,23,25)/t18-,19-/m0/s1. The van der Waals surface area contributed by atoms with Crippen LogP contribution in [0.1, 0.15) is 12.8 Å². The number of para-hydroxylation sites is 1. The van der Waals surface area contributed by atoms with E-state index in [1.807, 2.05) is 42.5 Å². The van der Waals surface area contributed by atoms with E-state index in [2.05, 4.69) is 5.32 Å². The summed E-state index contributed by atoms with van der Waals surface area (Å²) in [5.41, 5.74) is 0.573. The molecule has 0 radical (unpaired) electrons. The maximum atomic E-state index is 12.4. The van der Waals surface area contributed by atoms with Crippen LogP contribution in [-0.2, 0) is 14.4 Å². The lowest BCUT2D eigenvalue weighted by atomic mass is 9.85. The Bertz CT molecular complexity index is 895. The number of hydrogen-bond acceptors (Lipinski definition) is 4. The molecule has 3 amide bonds. The Morgan fingerprint density at radius 2 is 1.46 bits per heavy atom. The molecule has 2 atom stereocenters. The van der Waals surface area contributed by atoms with E-state index in [0.717, 1.165) is 10.6 Å². The molecule has 0 spiro atoms. The van der Waals surface area contributed by atoms with E-state index in [-0.39, 0.29) is 30.2 Å². The van der Waals surface area contributed by atoms with Crippen molar-refractivity contribution < 1.29 is 19.1 Å². The van der Waals surface area contributed by atoms with Crippen LogP contribution >= 0.6 is 0 Å². The SMILES string of the molecule is O=C(CN1C(=O)[C@H]2CC=CC[C@@H]2C1=O)Nc1ccc(Oc2ccccc2)cc1. The fourth-order valence-electron chi connectivity index (χ4n) is 3.60. The van der Waals surface area contributed by atoms with E-state index in [9.17, 15) is 14.4 Å². The van der Waals surface area contributed by atoms with Crippen molar-refractivity contribution >= 4 is 23.4 Å². The monoisotopic (exact) mass is 376 g/mol. The third-order valence-electron chi connectivity index (χ3n) is 5.02.